The maximum Gasteiger partial charge on any atom is 0.573 e. The molecule has 6 heteroatoms. The zero-order valence-electron chi connectivity index (χ0n) is 8.92. The number of benzene rings is 1. The number of ether oxygens (including phenoxy) is 1. The van der Waals surface area contributed by atoms with Crippen LogP contribution in [0.15, 0.2) is 24.3 Å². The zero-order chi connectivity index (χ0) is 13.1. The second-order valence-electron chi connectivity index (χ2n) is 3.32. The summed E-state index contributed by atoms with van der Waals surface area (Å²) in [4.78, 5) is 11.3. The van der Waals surface area contributed by atoms with E-state index in [-0.39, 0.29) is 17.1 Å². The minimum absolute atomic E-state index is 0.190. The van der Waals surface area contributed by atoms with E-state index in [1.165, 1.54) is 12.1 Å². The second-order valence-corrected chi connectivity index (χ2v) is 4.42. The van der Waals surface area contributed by atoms with Crippen LogP contribution in [0.2, 0.25) is 0 Å². The van der Waals surface area contributed by atoms with Gasteiger partial charge in [-0.2, -0.15) is 0 Å². The monoisotopic (exact) mass is 310 g/mol. The molecule has 0 aromatic heterocycles. The number of Topliss-reactive ketones (excluding diaryl/α,β-unsaturated/α-hetero) is 1. The van der Waals surface area contributed by atoms with E-state index in [1.54, 1.807) is 6.92 Å². The largest absolute Gasteiger partial charge is 0.573 e. The lowest BCUT2D eigenvalue weighted by Gasteiger charge is -2.10. The molecule has 0 fully saturated rings. The average molecular weight is 311 g/mol. The Balaban J connectivity index is 2.90. The van der Waals surface area contributed by atoms with Gasteiger partial charge in [-0.15, -0.1) is 13.2 Å². The van der Waals surface area contributed by atoms with Crippen LogP contribution >= 0.6 is 15.9 Å². The lowest BCUT2D eigenvalue weighted by Crippen LogP contribution is -2.18. The maximum absolute atomic E-state index is 12.0. The summed E-state index contributed by atoms with van der Waals surface area (Å²) in [5.41, 5.74) is 0.190. The van der Waals surface area contributed by atoms with E-state index in [9.17, 15) is 18.0 Å². The van der Waals surface area contributed by atoms with Gasteiger partial charge in [0, 0.05) is 5.56 Å². The molecule has 2 nitrogen and oxygen atoms in total. The minimum atomic E-state index is -4.75. The fourth-order valence-electron chi connectivity index (χ4n) is 1.21. The number of carbonyl (C=O) groups excluding carboxylic acids is 1. The first kappa shape index (κ1) is 14.0. The minimum Gasteiger partial charge on any atom is -0.406 e. The van der Waals surface area contributed by atoms with Crippen molar-refractivity contribution in [3.05, 3.63) is 29.8 Å². The Hall–Kier alpha value is -1.04. The van der Waals surface area contributed by atoms with Crippen molar-refractivity contribution < 1.29 is 22.7 Å². The van der Waals surface area contributed by atoms with Gasteiger partial charge < -0.3 is 4.74 Å². The Morgan fingerprint density at radius 2 is 2.12 bits per heavy atom. The molecule has 0 aliphatic heterocycles. The topological polar surface area (TPSA) is 26.3 Å². The Bertz CT molecular complexity index is 404. The van der Waals surface area contributed by atoms with E-state index >= 15 is 0 Å². The molecule has 0 saturated carbocycles. The Morgan fingerprint density at radius 3 is 2.65 bits per heavy atom. The van der Waals surface area contributed by atoms with Gasteiger partial charge in [0.05, 0.1) is 4.83 Å². The molecule has 0 N–H and O–H groups in total. The molecule has 0 saturated heterocycles. The van der Waals surface area contributed by atoms with Gasteiger partial charge in [-0.25, -0.2) is 0 Å². The van der Waals surface area contributed by atoms with Crippen LogP contribution in [0.1, 0.15) is 23.7 Å². The van der Waals surface area contributed by atoms with Crippen LogP contribution in [-0.4, -0.2) is 17.0 Å². The highest BCUT2D eigenvalue weighted by Crippen LogP contribution is 2.24. The number of rotatable bonds is 4. The lowest BCUT2D eigenvalue weighted by molar-refractivity contribution is -0.274. The highest BCUT2D eigenvalue weighted by atomic mass is 79.9. The average Bonchev–Trinajstić information content (AvgIpc) is 2.25. The van der Waals surface area contributed by atoms with Gasteiger partial charge in [0.2, 0.25) is 0 Å². The summed E-state index contributed by atoms with van der Waals surface area (Å²) >= 11 is 3.15. The van der Waals surface area contributed by atoms with E-state index in [4.69, 9.17) is 0 Å². The van der Waals surface area contributed by atoms with Crippen molar-refractivity contribution in [3.63, 3.8) is 0 Å². The summed E-state index contributed by atoms with van der Waals surface area (Å²) in [6, 6.07) is 5.04. The summed E-state index contributed by atoms with van der Waals surface area (Å²) in [7, 11) is 0. The number of carbonyl (C=O) groups is 1. The molecule has 0 amide bonds. The van der Waals surface area contributed by atoms with Crippen molar-refractivity contribution in [1.82, 2.24) is 0 Å². The van der Waals surface area contributed by atoms with Crippen LogP contribution < -0.4 is 4.74 Å². The fraction of sp³-hybridized carbons (Fsp3) is 0.364. The van der Waals surface area contributed by atoms with Crippen molar-refractivity contribution in [2.45, 2.75) is 24.5 Å². The summed E-state index contributed by atoms with van der Waals surface area (Å²) in [5.74, 6) is -0.653. The van der Waals surface area contributed by atoms with E-state index in [2.05, 4.69) is 20.7 Å². The third kappa shape index (κ3) is 4.38. The van der Waals surface area contributed by atoms with Crippen molar-refractivity contribution in [2.24, 2.45) is 0 Å². The van der Waals surface area contributed by atoms with Crippen LogP contribution in [0.4, 0.5) is 13.2 Å². The van der Waals surface area contributed by atoms with Crippen LogP contribution in [-0.2, 0) is 0 Å². The van der Waals surface area contributed by atoms with Crippen LogP contribution in [0.25, 0.3) is 0 Å². The Kier molecular flexibility index (Phi) is 4.56. The molecule has 0 heterocycles. The van der Waals surface area contributed by atoms with Gasteiger partial charge in [-0.3, -0.25) is 4.79 Å². The quantitative estimate of drug-likeness (QED) is 0.622. The molecule has 0 spiro atoms. The molecule has 17 heavy (non-hydrogen) atoms. The van der Waals surface area contributed by atoms with Crippen molar-refractivity contribution in [1.29, 1.82) is 0 Å². The molecule has 1 rings (SSSR count). The smallest absolute Gasteiger partial charge is 0.406 e. The molecular formula is C11H10BrF3O2. The van der Waals surface area contributed by atoms with Crippen LogP contribution in [0, 0.1) is 0 Å². The molecule has 94 valence electrons. The van der Waals surface area contributed by atoms with E-state index < -0.39 is 11.2 Å². The maximum atomic E-state index is 12.0. The standard InChI is InChI=1S/C11H10BrF3O2/c1-2-9(12)10(16)7-4-3-5-8(6-7)17-11(13,14)15/h3-6,9H,2H2,1H3. The first-order valence-electron chi connectivity index (χ1n) is 4.87. The highest BCUT2D eigenvalue weighted by Gasteiger charge is 2.31. The van der Waals surface area contributed by atoms with Gasteiger partial charge in [0.15, 0.2) is 5.78 Å². The fourth-order valence-corrected chi connectivity index (χ4v) is 1.48. The van der Waals surface area contributed by atoms with E-state index in [0.29, 0.717) is 6.42 Å². The summed E-state index contributed by atoms with van der Waals surface area (Å²) in [5, 5.41) is 0. The summed E-state index contributed by atoms with van der Waals surface area (Å²) < 4.78 is 39.7. The van der Waals surface area contributed by atoms with Crippen molar-refractivity contribution in [3.8, 4) is 5.75 Å². The zero-order valence-corrected chi connectivity index (χ0v) is 10.5. The number of halogens is 4. The predicted molar refractivity (Wildman–Crippen MR) is 60.5 cm³/mol. The molecular weight excluding hydrogens is 301 g/mol. The number of hydrogen-bond acceptors (Lipinski definition) is 2. The summed E-state index contributed by atoms with van der Waals surface area (Å²) in [6.45, 7) is 1.80. The van der Waals surface area contributed by atoms with Crippen molar-refractivity contribution in [2.75, 3.05) is 0 Å². The molecule has 0 aliphatic rings. The number of ketones is 1. The predicted octanol–water partition coefficient (Wildman–Crippen LogP) is 3.94. The Labute approximate surface area is 105 Å². The van der Waals surface area contributed by atoms with Gasteiger partial charge in [0.1, 0.15) is 5.75 Å². The molecule has 1 aromatic carbocycles. The molecule has 1 aromatic rings. The van der Waals surface area contributed by atoms with Crippen LogP contribution in [0.5, 0.6) is 5.75 Å². The first-order chi connectivity index (χ1) is 7.83. The van der Waals surface area contributed by atoms with E-state index in [1.807, 2.05) is 0 Å². The number of alkyl halides is 4. The molecule has 1 unspecified atom stereocenters. The molecule has 0 aliphatic carbocycles. The van der Waals surface area contributed by atoms with Gasteiger partial charge in [-0.1, -0.05) is 35.0 Å². The molecule has 1 atom stereocenters. The van der Waals surface area contributed by atoms with E-state index in [0.717, 1.165) is 12.1 Å². The first-order valence-corrected chi connectivity index (χ1v) is 5.79. The SMILES string of the molecule is CCC(Br)C(=O)c1cccc(OC(F)(F)F)c1. The van der Waals surface area contributed by atoms with Crippen LogP contribution in [0.3, 0.4) is 0 Å². The third-order valence-electron chi connectivity index (χ3n) is 2.00. The van der Waals surface area contributed by atoms with Gasteiger partial charge in [0.25, 0.3) is 0 Å². The molecule has 0 radical (unpaired) electrons. The second kappa shape index (κ2) is 5.53. The summed E-state index contributed by atoms with van der Waals surface area (Å²) in [6.07, 6.45) is -4.19. The number of hydrogen-bond donors (Lipinski definition) is 0. The normalized spacial score (nSPS) is 13.2. The van der Waals surface area contributed by atoms with Crippen molar-refractivity contribution >= 4 is 21.7 Å². The highest BCUT2D eigenvalue weighted by molar-refractivity contribution is 9.10. The van der Waals surface area contributed by atoms with Gasteiger partial charge in [-0.05, 0) is 18.6 Å². The lowest BCUT2D eigenvalue weighted by atomic mass is 10.1. The molecule has 0 bridgehead atoms. The third-order valence-corrected chi connectivity index (χ3v) is 3.06. The Morgan fingerprint density at radius 1 is 1.47 bits per heavy atom. The van der Waals surface area contributed by atoms with Gasteiger partial charge >= 0.3 is 6.36 Å².